The Hall–Kier alpha value is -2.64. The summed E-state index contributed by atoms with van der Waals surface area (Å²) < 4.78 is 5.31. The quantitative estimate of drug-likeness (QED) is 0.667. The van der Waals surface area contributed by atoms with Gasteiger partial charge in [-0.15, -0.1) is 0 Å². The molecule has 2 amide bonds. The zero-order chi connectivity index (χ0) is 18.8. The summed E-state index contributed by atoms with van der Waals surface area (Å²) in [5.41, 5.74) is -0.317. The first-order chi connectivity index (χ1) is 11.6. The van der Waals surface area contributed by atoms with E-state index in [1.165, 1.54) is 11.0 Å². The number of nitrogens with zero attached hydrogens (tertiary/aromatic N) is 2. The summed E-state index contributed by atoms with van der Waals surface area (Å²) in [7, 11) is 0. The van der Waals surface area contributed by atoms with Gasteiger partial charge in [-0.1, -0.05) is 12.1 Å². The second-order valence-corrected chi connectivity index (χ2v) is 7.11. The van der Waals surface area contributed by atoms with Gasteiger partial charge in [-0.2, -0.15) is 0 Å². The van der Waals surface area contributed by atoms with Crippen LogP contribution in [0.15, 0.2) is 18.2 Å². The van der Waals surface area contributed by atoms with Gasteiger partial charge in [-0.25, -0.2) is 4.79 Å². The van der Waals surface area contributed by atoms with Gasteiger partial charge in [0.15, 0.2) is 0 Å². The highest BCUT2D eigenvalue weighted by Crippen LogP contribution is 2.23. The fraction of sp³-hybridized carbons (Fsp3) is 0.529. The number of aryl methyl sites for hydroxylation is 1. The van der Waals surface area contributed by atoms with Gasteiger partial charge in [0.2, 0.25) is 0 Å². The lowest BCUT2D eigenvalue weighted by Crippen LogP contribution is -2.40. The molecule has 1 heterocycles. The molecule has 136 valence electrons. The molecule has 0 saturated carbocycles. The average molecular weight is 349 g/mol. The highest BCUT2D eigenvalue weighted by molar-refractivity contribution is 5.98. The van der Waals surface area contributed by atoms with E-state index in [0.717, 1.165) is 0 Å². The van der Waals surface area contributed by atoms with Crippen LogP contribution in [0, 0.1) is 17.0 Å². The summed E-state index contributed by atoms with van der Waals surface area (Å²) in [6.07, 6.45) is 0.149. The molecule has 25 heavy (non-hydrogen) atoms. The van der Waals surface area contributed by atoms with E-state index >= 15 is 0 Å². The Morgan fingerprint density at radius 2 is 2.04 bits per heavy atom. The Balaban J connectivity index is 2.03. The smallest absolute Gasteiger partial charge is 0.410 e. The van der Waals surface area contributed by atoms with E-state index in [1.54, 1.807) is 39.8 Å². The maximum atomic E-state index is 12.4. The molecule has 0 unspecified atom stereocenters. The number of ether oxygens (including phenoxy) is 1. The van der Waals surface area contributed by atoms with E-state index in [2.05, 4.69) is 5.32 Å². The molecule has 0 bridgehead atoms. The number of hydrogen-bond donors (Lipinski definition) is 1. The van der Waals surface area contributed by atoms with Gasteiger partial charge in [0.05, 0.1) is 4.92 Å². The number of carbonyl (C=O) groups is 2. The van der Waals surface area contributed by atoms with Gasteiger partial charge in [0.1, 0.15) is 11.2 Å². The predicted molar refractivity (Wildman–Crippen MR) is 91.5 cm³/mol. The molecule has 1 saturated heterocycles. The van der Waals surface area contributed by atoms with Crippen LogP contribution in [0.4, 0.5) is 10.5 Å². The van der Waals surface area contributed by atoms with Crippen molar-refractivity contribution in [2.45, 2.75) is 45.8 Å². The zero-order valence-electron chi connectivity index (χ0n) is 14.9. The van der Waals surface area contributed by atoms with Crippen molar-refractivity contribution in [2.24, 2.45) is 0 Å². The van der Waals surface area contributed by atoms with Crippen LogP contribution in [0.1, 0.15) is 43.1 Å². The molecule has 0 radical (unpaired) electrons. The van der Waals surface area contributed by atoms with Gasteiger partial charge in [0.25, 0.3) is 11.6 Å². The topological polar surface area (TPSA) is 102 Å². The Morgan fingerprint density at radius 1 is 1.36 bits per heavy atom. The van der Waals surface area contributed by atoms with Crippen molar-refractivity contribution >= 4 is 17.7 Å². The van der Waals surface area contributed by atoms with Crippen molar-refractivity contribution in [3.05, 3.63) is 39.4 Å². The molecule has 0 aliphatic carbocycles. The van der Waals surface area contributed by atoms with Gasteiger partial charge < -0.3 is 15.0 Å². The lowest BCUT2D eigenvalue weighted by molar-refractivity contribution is -0.385. The molecule has 1 atom stereocenters. The van der Waals surface area contributed by atoms with Gasteiger partial charge >= 0.3 is 6.09 Å². The summed E-state index contributed by atoms with van der Waals surface area (Å²) in [5, 5.41) is 14.0. The van der Waals surface area contributed by atoms with E-state index in [4.69, 9.17) is 4.74 Å². The number of rotatable bonds is 3. The van der Waals surface area contributed by atoms with E-state index < -0.39 is 22.5 Å². The van der Waals surface area contributed by atoms with Crippen molar-refractivity contribution < 1.29 is 19.2 Å². The normalized spacial score (nSPS) is 17.3. The summed E-state index contributed by atoms with van der Waals surface area (Å²) in [4.78, 5) is 36.7. The third kappa shape index (κ3) is 4.68. The van der Waals surface area contributed by atoms with Crippen LogP contribution in [0.2, 0.25) is 0 Å². The Labute approximate surface area is 146 Å². The van der Waals surface area contributed by atoms with E-state index in [9.17, 15) is 19.7 Å². The van der Waals surface area contributed by atoms with E-state index in [0.29, 0.717) is 25.1 Å². The molecule has 1 aliphatic heterocycles. The van der Waals surface area contributed by atoms with Crippen molar-refractivity contribution in [3.8, 4) is 0 Å². The molecule has 2 rings (SSSR count). The van der Waals surface area contributed by atoms with Gasteiger partial charge in [-0.05, 0) is 40.2 Å². The molecule has 0 aromatic heterocycles. The third-order valence-electron chi connectivity index (χ3n) is 3.84. The molecule has 1 N–H and O–H groups in total. The minimum absolute atomic E-state index is 0.0284. The van der Waals surface area contributed by atoms with Crippen LogP contribution >= 0.6 is 0 Å². The minimum atomic E-state index is -0.583. The van der Waals surface area contributed by atoms with Crippen LogP contribution < -0.4 is 5.32 Å². The molecule has 0 spiro atoms. The third-order valence-corrected chi connectivity index (χ3v) is 3.84. The maximum Gasteiger partial charge on any atom is 0.410 e. The second kappa shape index (κ2) is 7.08. The summed E-state index contributed by atoms with van der Waals surface area (Å²) >= 11 is 0. The van der Waals surface area contributed by atoms with Crippen molar-refractivity contribution in [1.82, 2.24) is 10.2 Å². The average Bonchev–Trinajstić information content (AvgIpc) is 2.93. The molecule has 8 heteroatoms. The fourth-order valence-corrected chi connectivity index (χ4v) is 2.72. The number of hydrogen-bond acceptors (Lipinski definition) is 5. The summed E-state index contributed by atoms with van der Waals surface area (Å²) in [6, 6.07) is 4.37. The number of nitrogens with one attached hydrogen (secondary N) is 1. The molecule has 8 nitrogen and oxygen atoms in total. The van der Waals surface area contributed by atoms with E-state index in [-0.39, 0.29) is 17.3 Å². The molecule has 1 fully saturated rings. The number of nitro groups is 1. The molecular formula is C17H23N3O5. The van der Waals surface area contributed by atoms with Crippen LogP contribution in [0.25, 0.3) is 0 Å². The highest BCUT2D eigenvalue weighted by Gasteiger charge is 2.32. The van der Waals surface area contributed by atoms with Gasteiger partial charge in [-0.3, -0.25) is 14.9 Å². The lowest BCUT2D eigenvalue weighted by atomic mass is 10.1. The standard InChI is InChI=1S/C17H23N3O5/c1-11-6-5-7-13(14(11)20(23)24)15(21)18-12-8-9-19(10-12)16(22)25-17(2,3)4/h5-7,12H,8-10H2,1-4H3,(H,18,21)/t12-/m1/s1. The first-order valence-electron chi connectivity index (χ1n) is 8.11. The van der Waals surface area contributed by atoms with Crippen molar-refractivity contribution in [2.75, 3.05) is 13.1 Å². The molecule has 1 aromatic carbocycles. The SMILES string of the molecule is Cc1cccc(C(=O)N[C@@H]2CCN(C(=O)OC(C)(C)C)C2)c1[N+](=O)[O-]. The first-order valence-corrected chi connectivity index (χ1v) is 8.11. The first kappa shape index (κ1) is 18.7. The number of carbonyl (C=O) groups excluding carboxylic acids is 2. The molecular weight excluding hydrogens is 326 g/mol. The van der Waals surface area contributed by atoms with Crippen molar-refractivity contribution in [3.63, 3.8) is 0 Å². The fourth-order valence-electron chi connectivity index (χ4n) is 2.72. The predicted octanol–water partition coefficient (Wildman–Crippen LogP) is 2.64. The number of likely N-dealkylation sites (tertiary alicyclic amines) is 1. The summed E-state index contributed by atoms with van der Waals surface area (Å²) in [5.74, 6) is -0.508. The number of nitro benzene ring substituents is 1. The number of para-hydroxylation sites is 1. The largest absolute Gasteiger partial charge is 0.444 e. The summed E-state index contributed by atoms with van der Waals surface area (Å²) in [6.45, 7) is 7.75. The second-order valence-electron chi connectivity index (χ2n) is 7.11. The van der Waals surface area contributed by atoms with Crippen LogP contribution in [0.3, 0.4) is 0 Å². The van der Waals surface area contributed by atoms with E-state index in [1.807, 2.05) is 0 Å². The van der Waals surface area contributed by atoms with Crippen LogP contribution in [0.5, 0.6) is 0 Å². The molecule has 1 aromatic rings. The monoisotopic (exact) mass is 349 g/mol. The lowest BCUT2D eigenvalue weighted by Gasteiger charge is -2.24. The van der Waals surface area contributed by atoms with Gasteiger partial charge in [0, 0.05) is 24.7 Å². The Kier molecular flexibility index (Phi) is 5.30. The van der Waals surface area contributed by atoms with Crippen LogP contribution in [-0.4, -0.2) is 46.6 Å². The highest BCUT2D eigenvalue weighted by atomic mass is 16.6. The zero-order valence-corrected chi connectivity index (χ0v) is 14.9. The number of amides is 2. The van der Waals surface area contributed by atoms with Crippen molar-refractivity contribution in [1.29, 1.82) is 0 Å². The number of benzene rings is 1. The minimum Gasteiger partial charge on any atom is -0.444 e. The maximum absolute atomic E-state index is 12.4. The Bertz CT molecular complexity index is 696. The molecule has 1 aliphatic rings. The van der Waals surface area contributed by atoms with Crippen LogP contribution in [-0.2, 0) is 4.74 Å². The Morgan fingerprint density at radius 3 is 2.64 bits per heavy atom.